The zero-order chi connectivity index (χ0) is 21.1. The molecule has 9 heteroatoms. The van der Waals surface area contributed by atoms with E-state index < -0.39 is 10.0 Å². The molecular formula is C21H26N6O2S. The maximum atomic E-state index is 13.4. The van der Waals surface area contributed by atoms with E-state index >= 15 is 0 Å². The van der Waals surface area contributed by atoms with Crippen LogP contribution in [0.15, 0.2) is 53.8 Å². The zero-order valence-corrected chi connectivity index (χ0v) is 18.0. The molecule has 158 valence electrons. The third-order valence-electron chi connectivity index (χ3n) is 5.21. The molecule has 0 bridgehead atoms. The van der Waals surface area contributed by atoms with Crippen LogP contribution in [-0.4, -0.2) is 39.0 Å². The number of anilines is 2. The number of hydrogen-bond donors (Lipinski definition) is 1. The SMILES string of the molecule is CCCn1cc(S(=O)(=O)N2CCCC2c2ccc(Nc3ccccn3)cn2)c(C)n1. The van der Waals surface area contributed by atoms with Gasteiger partial charge in [-0.05, 0) is 50.5 Å². The molecule has 0 amide bonds. The summed E-state index contributed by atoms with van der Waals surface area (Å²) < 4.78 is 30.1. The molecule has 1 atom stereocenters. The van der Waals surface area contributed by atoms with E-state index in [-0.39, 0.29) is 10.9 Å². The van der Waals surface area contributed by atoms with Gasteiger partial charge in [-0.15, -0.1) is 0 Å². The molecule has 0 saturated carbocycles. The van der Waals surface area contributed by atoms with Crippen LogP contribution in [0, 0.1) is 6.92 Å². The van der Waals surface area contributed by atoms with E-state index in [9.17, 15) is 8.42 Å². The molecule has 1 aliphatic heterocycles. The van der Waals surface area contributed by atoms with E-state index in [1.807, 2.05) is 37.3 Å². The summed E-state index contributed by atoms with van der Waals surface area (Å²) in [6.07, 6.45) is 7.54. The third kappa shape index (κ3) is 4.08. The largest absolute Gasteiger partial charge is 0.339 e. The molecule has 0 aliphatic carbocycles. The minimum Gasteiger partial charge on any atom is -0.339 e. The molecule has 30 heavy (non-hydrogen) atoms. The number of hydrogen-bond acceptors (Lipinski definition) is 6. The number of aryl methyl sites for hydroxylation is 2. The first-order chi connectivity index (χ1) is 14.5. The van der Waals surface area contributed by atoms with Crippen LogP contribution in [0.4, 0.5) is 11.5 Å². The molecule has 4 heterocycles. The lowest BCUT2D eigenvalue weighted by Crippen LogP contribution is -2.31. The van der Waals surface area contributed by atoms with Crippen molar-refractivity contribution in [1.82, 2.24) is 24.1 Å². The first-order valence-corrected chi connectivity index (χ1v) is 11.6. The van der Waals surface area contributed by atoms with Crippen LogP contribution in [-0.2, 0) is 16.6 Å². The van der Waals surface area contributed by atoms with Crippen molar-refractivity contribution >= 4 is 21.5 Å². The summed E-state index contributed by atoms with van der Waals surface area (Å²) in [6.45, 7) is 4.98. The van der Waals surface area contributed by atoms with Gasteiger partial charge in [0.1, 0.15) is 10.7 Å². The Hall–Kier alpha value is -2.78. The van der Waals surface area contributed by atoms with Crippen molar-refractivity contribution in [3.63, 3.8) is 0 Å². The smallest absolute Gasteiger partial charge is 0.247 e. The Kier molecular flexibility index (Phi) is 5.83. The highest BCUT2D eigenvalue weighted by Gasteiger charge is 2.38. The molecule has 3 aromatic heterocycles. The van der Waals surface area contributed by atoms with Crippen molar-refractivity contribution < 1.29 is 8.42 Å². The fourth-order valence-electron chi connectivity index (χ4n) is 3.81. The van der Waals surface area contributed by atoms with E-state index in [1.165, 1.54) is 0 Å². The van der Waals surface area contributed by atoms with Crippen molar-refractivity contribution in [3.05, 3.63) is 60.3 Å². The van der Waals surface area contributed by atoms with Gasteiger partial charge in [0.05, 0.1) is 29.3 Å². The van der Waals surface area contributed by atoms with Gasteiger partial charge in [-0.3, -0.25) is 9.67 Å². The first kappa shape index (κ1) is 20.5. The van der Waals surface area contributed by atoms with Crippen LogP contribution in [0.2, 0.25) is 0 Å². The first-order valence-electron chi connectivity index (χ1n) is 10.2. The second-order valence-electron chi connectivity index (χ2n) is 7.43. The van der Waals surface area contributed by atoms with Gasteiger partial charge in [-0.2, -0.15) is 9.40 Å². The minimum atomic E-state index is -3.64. The summed E-state index contributed by atoms with van der Waals surface area (Å²) in [5.41, 5.74) is 2.10. The Bertz CT molecular complexity index is 1100. The van der Waals surface area contributed by atoms with Gasteiger partial charge in [0.15, 0.2) is 0 Å². The maximum absolute atomic E-state index is 13.4. The molecule has 1 unspecified atom stereocenters. The summed E-state index contributed by atoms with van der Waals surface area (Å²) in [5, 5.41) is 7.56. The number of nitrogens with one attached hydrogen (secondary N) is 1. The summed E-state index contributed by atoms with van der Waals surface area (Å²) in [6, 6.07) is 9.16. The number of nitrogens with zero attached hydrogens (tertiary/aromatic N) is 5. The molecule has 8 nitrogen and oxygen atoms in total. The Labute approximate surface area is 177 Å². The average molecular weight is 427 g/mol. The number of sulfonamides is 1. The second-order valence-corrected chi connectivity index (χ2v) is 9.29. The fourth-order valence-corrected chi connectivity index (χ4v) is 5.65. The molecule has 0 spiro atoms. The van der Waals surface area contributed by atoms with Gasteiger partial charge in [0.2, 0.25) is 10.0 Å². The molecule has 1 N–H and O–H groups in total. The summed E-state index contributed by atoms with van der Waals surface area (Å²) >= 11 is 0. The predicted octanol–water partition coefficient (Wildman–Crippen LogP) is 3.66. The fraction of sp³-hybridized carbons (Fsp3) is 0.381. The minimum absolute atomic E-state index is 0.271. The highest BCUT2D eigenvalue weighted by atomic mass is 32.2. The lowest BCUT2D eigenvalue weighted by atomic mass is 10.1. The van der Waals surface area contributed by atoms with Crippen molar-refractivity contribution in [2.75, 3.05) is 11.9 Å². The van der Waals surface area contributed by atoms with Gasteiger partial charge >= 0.3 is 0 Å². The van der Waals surface area contributed by atoms with E-state index in [0.717, 1.165) is 36.5 Å². The highest BCUT2D eigenvalue weighted by molar-refractivity contribution is 7.89. The molecular weight excluding hydrogens is 400 g/mol. The maximum Gasteiger partial charge on any atom is 0.247 e. The normalized spacial score (nSPS) is 17.3. The number of aromatic nitrogens is 4. The lowest BCUT2D eigenvalue weighted by Gasteiger charge is -2.23. The summed E-state index contributed by atoms with van der Waals surface area (Å²) in [4.78, 5) is 9.08. The average Bonchev–Trinajstić information content (AvgIpc) is 3.37. The summed E-state index contributed by atoms with van der Waals surface area (Å²) in [7, 11) is -3.64. The van der Waals surface area contributed by atoms with E-state index in [4.69, 9.17) is 0 Å². The van der Waals surface area contributed by atoms with Crippen LogP contribution >= 0.6 is 0 Å². The third-order valence-corrected chi connectivity index (χ3v) is 7.22. The van der Waals surface area contributed by atoms with E-state index in [2.05, 4.69) is 20.4 Å². The van der Waals surface area contributed by atoms with Crippen LogP contribution in [0.5, 0.6) is 0 Å². The van der Waals surface area contributed by atoms with Gasteiger partial charge in [-0.1, -0.05) is 13.0 Å². The quantitative estimate of drug-likeness (QED) is 0.620. The van der Waals surface area contributed by atoms with E-state index in [1.54, 1.807) is 34.5 Å². The predicted molar refractivity (Wildman–Crippen MR) is 115 cm³/mol. The standard InChI is InChI=1S/C21H26N6O2S/c1-3-12-26-15-20(16(2)25-26)30(28,29)27-13-6-7-19(27)18-10-9-17(14-23-18)24-21-8-4-5-11-22-21/h4-5,8-11,14-15,19H,3,6-7,12-13H2,1-2H3,(H,22,24). The monoisotopic (exact) mass is 426 g/mol. The number of pyridine rings is 2. The molecule has 0 aromatic carbocycles. The highest BCUT2D eigenvalue weighted by Crippen LogP contribution is 2.36. The topological polar surface area (TPSA) is 93.0 Å². The molecule has 1 aliphatic rings. The molecule has 3 aromatic rings. The molecule has 0 radical (unpaired) electrons. The van der Waals surface area contributed by atoms with Crippen LogP contribution in [0.25, 0.3) is 0 Å². The molecule has 1 fully saturated rings. The van der Waals surface area contributed by atoms with Gasteiger partial charge < -0.3 is 5.32 Å². The Morgan fingerprint density at radius 2 is 2.07 bits per heavy atom. The van der Waals surface area contributed by atoms with Crippen LogP contribution in [0.3, 0.4) is 0 Å². The Morgan fingerprint density at radius 3 is 2.77 bits per heavy atom. The van der Waals surface area contributed by atoms with Crippen molar-refractivity contribution in [1.29, 1.82) is 0 Å². The van der Waals surface area contributed by atoms with Crippen LogP contribution < -0.4 is 5.32 Å². The summed E-state index contributed by atoms with van der Waals surface area (Å²) in [5.74, 6) is 0.733. The van der Waals surface area contributed by atoms with Crippen molar-refractivity contribution in [3.8, 4) is 0 Å². The molecule has 1 saturated heterocycles. The van der Waals surface area contributed by atoms with E-state index in [0.29, 0.717) is 18.8 Å². The molecule has 4 rings (SSSR count). The lowest BCUT2D eigenvalue weighted by molar-refractivity contribution is 0.390. The van der Waals surface area contributed by atoms with Crippen molar-refractivity contribution in [2.45, 2.75) is 50.6 Å². The second kappa shape index (κ2) is 8.53. The zero-order valence-electron chi connectivity index (χ0n) is 17.2. The number of rotatable bonds is 7. The van der Waals surface area contributed by atoms with Crippen molar-refractivity contribution in [2.24, 2.45) is 0 Å². The Morgan fingerprint density at radius 1 is 1.20 bits per heavy atom. The van der Waals surface area contributed by atoms with Gasteiger partial charge in [0.25, 0.3) is 0 Å². The van der Waals surface area contributed by atoms with Gasteiger partial charge in [0, 0.05) is 25.5 Å². The van der Waals surface area contributed by atoms with Crippen LogP contribution in [0.1, 0.15) is 43.6 Å². The Balaban J connectivity index is 1.56. The van der Waals surface area contributed by atoms with Gasteiger partial charge in [-0.25, -0.2) is 13.4 Å².